The summed E-state index contributed by atoms with van der Waals surface area (Å²) in [5.74, 6) is 0.190. The number of hydrogen-bond donors (Lipinski definition) is 2. The topological polar surface area (TPSA) is 89.5 Å². The van der Waals surface area contributed by atoms with E-state index >= 15 is 0 Å². The van der Waals surface area contributed by atoms with Crippen LogP contribution in [0.15, 0.2) is 73.1 Å². The fourth-order valence-electron chi connectivity index (χ4n) is 2.32. The van der Waals surface area contributed by atoms with E-state index in [1.165, 1.54) is 19.4 Å². The fourth-order valence-corrected chi connectivity index (χ4v) is 2.32. The second-order valence-electron chi connectivity index (χ2n) is 5.44. The number of benzene rings is 2. The van der Waals surface area contributed by atoms with Crippen molar-refractivity contribution >= 4 is 23.4 Å². The van der Waals surface area contributed by atoms with Crippen LogP contribution in [0.25, 0.3) is 0 Å². The predicted molar refractivity (Wildman–Crippen MR) is 101 cm³/mol. The van der Waals surface area contributed by atoms with E-state index in [4.69, 9.17) is 9.47 Å². The van der Waals surface area contributed by atoms with Crippen LogP contribution in [0, 0.1) is 0 Å². The Balaban J connectivity index is 1.78. The molecule has 0 aliphatic heterocycles. The first kappa shape index (κ1) is 17.9. The molecule has 3 aromatic rings. The van der Waals surface area contributed by atoms with Gasteiger partial charge in [-0.2, -0.15) is 0 Å². The molecule has 0 atom stereocenters. The molecule has 7 heteroatoms. The molecule has 2 N–H and O–H groups in total. The van der Waals surface area contributed by atoms with Gasteiger partial charge in [-0.15, -0.1) is 0 Å². The van der Waals surface area contributed by atoms with E-state index in [1.54, 1.807) is 42.6 Å². The smallest absolute Gasteiger partial charge is 0.341 e. The highest BCUT2D eigenvalue weighted by Gasteiger charge is 2.16. The second-order valence-corrected chi connectivity index (χ2v) is 5.44. The zero-order chi connectivity index (χ0) is 19.1. The average molecular weight is 363 g/mol. The molecular weight excluding hydrogens is 346 g/mol. The number of rotatable bonds is 5. The number of urea groups is 1. The maximum absolute atomic E-state index is 12.1. The Morgan fingerprint density at radius 3 is 2.41 bits per heavy atom. The van der Waals surface area contributed by atoms with Crippen molar-refractivity contribution in [2.24, 2.45) is 0 Å². The molecule has 1 aromatic heterocycles. The van der Waals surface area contributed by atoms with Crippen molar-refractivity contribution in [1.29, 1.82) is 0 Å². The van der Waals surface area contributed by atoms with Gasteiger partial charge in [-0.3, -0.25) is 4.98 Å². The van der Waals surface area contributed by atoms with Crippen LogP contribution in [0.2, 0.25) is 0 Å². The van der Waals surface area contributed by atoms with Crippen LogP contribution in [-0.2, 0) is 4.74 Å². The molecule has 0 fully saturated rings. The van der Waals surface area contributed by atoms with Crippen molar-refractivity contribution in [2.75, 3.05) is 17.7 Å². The number of carbonyl (C=O) groups is 2. The number of hydrogen-bond acceptors (Lipinski definition) is 5. The molecule has 0 aliphatic carbocycles. The van der Waals surface area contributed by atoms with Crippen LogP contribution in [0.1, 0.15) is 10.4 Å². The van der Waals surface area contributed by atoms with Gasteiger partial charge >= 0.3 is 12.0 Å². The molecule has 0 saturated heterocycles. The highest BCUT2D eigenvalue weighted by molar-refractivity contribution is 6.01. The number of carbonyl (C=O) groups excluding carboxylic acids is 2. The first-order chi connectivity index (χ1) is 13.2. The van der Waals surface area contributed by atoms with E-state index in [2.05, 4.69) is 15.6 Å². The molecule has 0 unspecified atom stereocenters. The number of aromatic nitrogens is 1. The second kappa shape index (κ2) is 8.48. The minimum atomic E-state index is -0.582. The summed E-state index contributed by atoms with van der Waals surface area (Å²) in [6, 6.07) is 16.7. The predicted octanol–water partition coefficient (Wildman–Crippen LogP) is 4.30. The monoisotopic (exact) mass is 363 g/mol. The maximum Gasteiger partial charge on any atom is 0.341 e. The number of amides is 2. The Morgan fingerprint density at radius 1 is 0.926 bits per heavy atom. The molecule has 0 spiro atoms. The average Bonchev–Trinajstić information content (AvgIpc) is 2.70. The molecule has 2 aromatic carbocycles. The summed E-state index contributed by atoms with van der Waals surface area (Å²) in [5, 5.41) is 5.38. The lowest BCUT2D eigenvalue weighted by Crippen LogP contribution is -2.19. The van der Waals surface area contributed by atoms with Gasteiger partial charge in [0.1, 0.15) is 17.1 Å². The van der Waals surface area contributed by atoms with E-state index in [1.807, 2.05) is 18.2 Å². The normalized spacial score (nSPS) is 9.96. The zero-order valence-electron chi connectivity index (χ0n) is 14.5. The van der Waals surface area contributed by atoms with E-state index in [0.717, 1.165) is 0 Å². The fraction of sp³-hybridized carbons (Fsp3) is 0.0500. The molecule has 0 saturated carbocycles. The van der Waals surface area contributed by atoms with Crippen molar-refractivity contribution in [3.8, 4) is 11.5 Å². The Labute approximate surface area is 156 Å². The van der Waals surface area contributed by atoms with Crippen molar-refractivity contribution < 1.29 is 19.1 Å². The first-order valence-corrected chi connectivity index (χ1v) is 8.09. The third-order valence-corrected chi connectivity index (χ3v) is 3.54. The SMILES string of the molecule is COC(=O)c1cc(NC(=O)Nc2ccccc2)ccc1Oc1cccnc1. The molecule has 0 aliphatic rings. The van der Waals surface area contributed by atoms with E-state index in [9.17, 15) is 9.59 Å². The summed E-state index contributed by atoms with van der Waals surface area (Å²) in [6.07, 6.45) is 3.15. The summed E-state index contributed by atoms with van der Waals surface area (Å²) >= 11 is 0. The summed E-state index contributed by atoms with van der Waals surface area (Å²) < 4.78 is 10.5. The number of methoxy groups -OCH3 is 1. The highest BCUT2D eigenvalue weighted by Crippen LogP contribution is 2.28. The van der Waals surface area contributed by atoms with Crippen LogP contribution >= 0.6 is 0 Å². The van der Waals surface area contributed by atoms with Gasteiger partial charge in [-0.25, -0.2) is 9.59 Å². The number of nitrogens with one attached hydrogen (secondary N) is 2. The van der Waals surface area contributed by atoms with Gasteiger partial charge in [0.25, 0.3) is 0 Å². The van der Waals surface area contributed by atoms with Crippen molar-refractivity contribution in [3.63, 3.8) is 0 Å². The Hall–Kier alpha value is -3.87. The minimum absolute atomic E-state index is 0.180. The van der Waals surface area contributed by atoms with Crippen LogP contribution < -0.4 is 15.4 Å². The number of nitrogens with zero attached hydrogens (tertiary/aromatic N) is 1. The number of para-hydroxylation sites is 1. The number of esters is 1. The number of anilines is 2. The molecule has 0 radical (unpaired) electrons. The van der Waals surface area contributed by atoms with Gasteiger partial charge in [0.15, 0.2) is 0 Å². The summed E-state index contributed by atoms with van der Waals surface area (Å²) in [7, 11) is 1.28. The van der Waals surface area contributed by atoms with Gasteiger partial charge < -0.3 is 20.1 Å². The van der Waals surface area contributed by atoms with E-state index in [-0.39, 0.29) is 5.56 Å². The van der Waals surface area contributed by atoms with Crippen molar-refractivity contribution in [3.05, 3.63) is 78.6 Å². The van der Waals surface area contributed by atoms with Crippen molar-refractivity contribution in [2.45, 2.75) is 0 Å². The molecule has 27 heavy (non-hydrogen) atoms. The van der Waals surface area contributed by atoms with Gasteiger partial charge in [-0.05, 0) is 42.5 Å². The Bertz CT molecular complexity index is 930. The molecule has 136 valence electrons. The number of ether oxygens (including phenoxy) is 2. The summed E-state index contributed by atoms with van der Waals surface area (Å²) in [6.45, 7) is 0. The minimum Gasteiger partial charge on any atom is -0.465 e. The lowest BCUT2D eigenvalue weighted by atomic mass is 10.1. The van der Waals surface area contributed by atoms with Gasteiger partial charge in [0.2, 0.25) is 0 Å². The third-order valence-electron chi connectivity index (χ3n) is 3.54. The van der Waals surface area contributed by atoms with Gasteiger partial charge in [-0.1, -0.05) is 18.2 Å². The highest BCUT2D eigenvalue weighted by atomic mass is 16.5. The lowest BCUT2D eigenvalue weighted by Gasteiger charge is -2.12. The van der Waals surface area contributed by atoms with Crippen LogP contribution in [0.3, 0.4) is 0 Å². The zero-order valence-corrected chi connectivity index (χ0v) is 14.5. The van der Waals surface area contributed by atoms with Crippen LogP contribution in [-0.4, -0.2) is 24.1 Å². The molecule has 3 rings (SSSR count). The van der Waals surface area contributed by atoms with Gasteiger partial charge in [0.05, 0.1) is 13.3 Å². The number of pyridine rings is 1. The van der Waals surface area contributed by atoms with E-state index in [0.29, 0.717) is 22.9 Å². The van der Waals surface area contributed by atoms with E-state index < -0.39 is 12.0 Å². The van der Waals surface area contributed by atoms with Gasteiger partial charge in [0, 0.05) is 17.6 Å². The third kappa shape index (κ3) is 4.82. The molecule has 7 nitrogen and oxygen atoms in total. The standard InChI is InChI=1S/C20H17N3O4/c1-26-19(24)17-12-15(23-20(25)22-14-6-3-2-4-7-14)9-10-18(17)27-16-8-5-11-21-13-16/h2-13H,1H3,(H2,22,23,25). The summed E-state index contributed by atoms with van der Waals surface area (Å²) in [5.41, 5.74) is 1.25. The molecule has 2 amide bonds. The quantitative estimate of drug-likeness (QED) is 0.660. The summed E-state index contributed by atoms with van der Waals surface area (Å²) in [4.78, 5) is 28.2. The van der Waals surface area contributed by atoms with Crippen LogP contribution in [0.5, 0.6) is 11.5 Å². The molecular formula is C20H17N3O4. The lowest BCUT2D eigenvalue weighted by molar-refractivity contribution is 0.0598. The largest absolute Gasteiger partial charge is 0.465 e. The first-order valence-electron chi connectivity index (χ1n) is 8.09. The Morgan fingerprint density at radius 2 is 1.70 bits per heavy atom. The molecule has 1 heterocycles. The molecule has 0 bridgehead atoms. The van der Waals surface area contributed by atoms with Crippen LogP contribution in [0.4, 0.5) is 16.2 Å². The Kier molecular flexibility index (Phi) is 5.64. The van der Waals surface area contributed by atoms with Crippen molar-refractivity contribution in [1.82, 2.24) is 4.98 Å². The maximum atomic E-state index is 12.1.